The van der Waals surface area contributed by atoms with E-state index in [1.807, 2.05) is 30.3 Å². The summed E-state index contributed by atoms with van der Waals surface area (Å²) in [5.41, 5.74) is 4.80. The molecule has 96 valence electrons. The number of hydrogen-bond donors (Lipinski definition) is 0. The zero-order chi connectivity index (χ0) is 13.8. The van der Waals surface area contributed by atoms with Crippen molar-refractivity contribution in [3.05, 3.63) is 63.2 Å². The molecular weight excluding hydrogens is 238 g/mol. The molecule has 0 amide bonds. The topological polar surface area (TPSA) is 43.1 Å². The SMILES string of the molecule is Cc1ccc2c(c1[N+](=O)[O-])-c1ccccc1C2(C)C. The third kappa shape index (κ3) is 1.44. The van der Waals surface area contributed by atoms with Crippen molar-refractivity contribution >= 4 is 5.69 Å². The Labute approximate surface area is 112 Å². The number of aryl methyl sites for hydroxylation is 1. The van der Waals surface area contributed by atoms with Crippen molar-refractivity contribution in [1.29, 1.82) is 0 Å². The molecule has 19 heavy (non-hydrogen) atoms. The number of nitro benzene ring substituents is 1. The number of rotatable bonds is 1. The summed E-state index contributed by atoms with van der Waals surface area (Å²) < 4.78 is 0. The van der Waals surface area contributed by atoms with E-state index in [1.165, 1.54) is 5.56 Å². The van der Waals surface area contributed by atoms with Crippen LogP contribution < -0.4 is 0 Å². The van der Waals surface area contributed by atoms with Crippen molar-refractivity contribution in [1.82, 2.24) is 0 Å². The van der Waals surface area contributed by atoms with Crippen molar-refractivity contribution in [3.63, 3.8) is 0 Å². The van der Waals surface area contributed by atoms with Gasteiger partial charge in [0.05, 0.1) is 10.5 Å². The average Bonchev–Trinajstić information content (AvgIpc) is 2.59. The molecular formula is C16H15NO2. The molecule has 1 aliphatic rings. The van der Waals surface area contributed by atoms with E-state index in [4.69, 9.17) is 0 Å². The summed E-state index contributed by atoms with van der Waals surface area (Å²) >= 11 is 0. The Morgan fingerprint density at radius 2 is 1.74 bits per heavy atom. The predicted octanol–water partition coefficient (Wildman–Crippen LogP) is 4.21. The van der Waals surface area contributed by atoms with Crippen LogP contribution in [0.1, 0.15) is 30.5 Å². The number of nitro groups is 1. The number of benzene rings is 2. The standard InChI is InChI=1S/C16H15NO2/c1-10-8-9-13-14(15(10)17(18)19)11-6-4-5-7-12(11)16(13,2)3/h4-9H,1-3H3. The Bertz CT molecular complexity index is 702. The van der Waals surface area contributed by atoms with Crippen molar-refractivity contribution in [2.24, 2.45) is 0 Å². The molecule has 3 heteroatoms. The average molecular weight is 253 g/mol. The molecule has 1 aliphatic carbocycles. The second-order valence-corrected chi connectivity index (χ2v) is 5.58. The third-order valence-corrected chi connectivity index (χ3v) is 4.11. The fourth-order valence-electron chi connectivity index (χ4n) is 3.12. The molecule has 0 unspecified atom stereocenters. The van der Waals surface area contributed by atoms with Crippen LogP contribution in [-0.4, -0.2) is 4.92 Å². The predicted molar refractivity (Wildman–Crippen MR) is 75.4 cm³/mol. The molecule has 0 bridgehead atoms. The minimum Gasteiger partial charge on any atom is -0.258 e. The van der Waals surface area contributed by atoms with Crippen LogP contribution in [0.3, 0.4) is 0 Å². The highest BCUT2D eigenvalue weighted by Crippen LogP contribution is 2.52. The van der Waals surface area contributed by atoms with Gasteiger partial charge in [0.2, 0.25) is 0 Å². The largest absolute Gasteiger partial charge is 0.280 e. The minimum atomic E-state index is -0.258. The molecule has 0 radical (unpaired) electrons. The lowest BCUT2D eigenvalue weighted by molar-refractivity contribution is -0.384. The highest BCUT2D eigenvalue weighted by Gasteiger charge is 2.39. The minimum absolute atomic E-state index is 0.176. The Morgan fingerprint density at radius 1 is 1.05 bits per heavy atom. The molecule has 0 aliphatic heterocycles. The van der Waals surface area contributed by atoms with Gasteiger partial charge in [-0.15, -0.1) is 0 Å². The number of hydrogen-bond acceptors (Lipinski definition) is 2. The van der Waals surface area contributed by atoms with E-state index in [1.54, 1.807) is 6.92 Å². The second kappa shape index (κ2) is 3.67. The Morgan fingerprint density at radius 3 is 2.42 bits per heavy atom. The van der Waals surface area contributed by atoms with Crippen molar-refractivity contribution in [2.75, 3.05) is 0 Å². The molecule has 0 aromatic heterocycles. The van der Waals surface area contributed by atoms with E-state index in [2.05, 4.69) is 19.9 Å². The quantitative estimate of drug-likeness (QED) is 0.564. The zero-order valence-electron chi connectivity index (χ0n) is 11.2. The maximum Gasteiger partial charge on any atom is 0.280 e. The molecule has 0 atom stereocenters. The lowest BCUT2D eigenvalue weighted by Gasteiger charge is -2.21. The number of nitrogens with zero attached hydrogens (tertiary/aromatic N) is 1. The molecule has 3 rings (SSSR count). The van der Waals surface area contributed by atoms with Gasteiger partial charge < -0.3 is 0 Å². The van der Waals surface area contributed by atoms with E-state index in [0.29, 0.717) is 0 Å². The van der Waals surface area contributed by atoms with Gasteiger partial charge in [-0.05, 0) is 23.6 Å². The maximum absolute atomic E-state index is 11.4. The van der Waals surface area contributed by atoms with E-state index in [-0.39, 0.29) is 16.0 Å². The van der Waals surface area contributed by atoms with E-state index in [0.717, 1.165) is 22.3 Å². The molecule has 2 aromatic carbocycles. The molecule has 0 fully saturated rings. The van der Waals surface area contributed by atoms with Crippen LogP contribution in [0.25, 0.3) is 11.1 Å². The molecule has 0 heterocycles. The van der Waals surface area contributed by atoms with E-state index < -0.39 is 0 Å². The van der Waals surface area contributed by atoms with Crippen LogP contribution in [0, 0.1) is 17.0 Å². The Hall–Kier alpha value is -2.16. The van der Waals surface area contributed by atoms with Crippen LogP contribution in [0.5, 0.6) is 0 Å². The molecule has 3 nitrogen and oxygen atoms in total. The normalized spacial score (nSPS) is 14.9. The summed E-state index contributed by atoms with van der Waals surface area (Å²) in [5.74, 6) is 0. The fourth-order valence-corrected chi connectivity index (χ4v) is 3.12. The second-order valence-electron chi connectivity index (χ2n) is 5.58. The van der Waals surface area contributed by atoms with Crippen molar-refractivity contribution < 1.29 is 4.92 Å². The summed E-state index contributed by atoms with van der Waals surface area (Å²) in [5, 5.41) is 11.4. The summed E-state index contributed by atoms with van der Waals surface area (Å²) in [7, 11) is 0. The smallest absolute Gasteiger partial charge is 0.258 e. The molecule has 0 spiro atoms. The van der Waals surface area contributed by atoms with Crippen LogP contribution in [0.2, 0.25) is 0 Å². The lowest BCUT2D eigenvalue weighted by atomic mass is 9.82. The van der Waals surface area contributed by atoms with Crippen LogP contribution in [0.15, 0.2) is 36.4 Å². The van der Waals surface area contributed by atoms with Gasteiger partial charge in [-0.2, -0.15) is 0 Å². The van der Waals surface area contributed by atoms with Gasteiger partial charge in [0.1, 0.15) is 0 Å². The highest BCUT2D eigenvalue weighted by atomic mass is 16.6. The summed E-state index contributed by atoms with van der Waals surface area (Å²) in [6.07, 6.45) is 0. The Kier molecular flexibility index (Phi) is 2.30. The first-order valence-electron chi connectivity index (χ1n) is 6.33. The summed E-state index contributed by atoms with van der Waals surface area (Å²) in [6.45, 7) is 6.04. The van der Waals surface area contributed by atoms with Crippen molar-refractivity contribution in [3.8, 4) is 11.1 Å². The Balaban J connectivity index is 2.47. The lowest BCUT2D eigenvalue weighted by Crippen LogP contribution is -2.15. The summed E-state index contributed by atoms with van der Waals surface area (Å²) in [4.78, 5) is 11.2. The van der Waals surface area contributed by atoms with Crippen LogP contribution >= 0.6 is 0 Å². The molecule has 0 saturated carbocycles. The fraction of sp³-hybridized carbons (Fsp3) is 0.250. The van der Waals surface area contributed by atoms with Gasteiger partial charge in [-0.25, -0.2) is 0 Å². The van der Waals surface area contributed by atoms with E-state index >= 15 is 0 Å². The third-order valence-electron chi connectivity index (χ3n) is 4.11. The number of fused-ring (bicyclic) bond motifs is 3. The zero-order valence-corrected chi connectivity index (χ0v) is 11.2. The maximum atomic E-state index is 11.4. The van der Waals surface area contributed by atoms with Crippen molar-refractivity contribution in [2.45, 2.75) is 26.2 Å². The first kappa shape index (κ1) is 11.9. The van der Waals surface area contributed by atoms with E-state index in [9.17, 15) is 10.1 Å². The molecule has 0 saturated heterocycles. The monoisotopic (exact) mass is 253 g/mol. The van der Waals surface area contributed by atoms with Gasteiger partial charge in [-0.1, -0.05) is 50.2 Å². The van der Waals surface area contributed by atoms with Crippen LogP contribution in [0.4, 0.5) is 5.69 Å². The van der Waals surface area contributed by atoms with Gasteiger partial charge >= 0.3 is 0 Å². The summed E-state index contributed by atoms with van der Waals surface area (Å²) in [6, 6.07) is 11.9. The van der Waals surface area contributed by atoms with Gasteiger partial charge in [0.15, 0.2) is 0 Å². The highest BCUT2D eigenvalue weighted by molar-refractivity contribution is 5.88. The first-order chi connectivity index (χ1) is 8.94. The van der Waals surface area contributed by atoms with Gasteiger partial charge in [-0.3, -0.25) is 10.1 Å². The van der Waals surface area contributed by atoms with Crippen LogP contribution in [-0.2, 0) is 5.41 Å². The molecule has 0 N–H and O–H groups in total. The molecule has 2 aromatic rings. The van der Waals surface area contributed by atoms with Gasteiger partial charge in [0, 0.05) is 11.0 Å². The first-order valence-corrected chi connectivity index (χ1v) is 6.33. The van der Waals surface area contributed by atoms with Gasteiger partial charge in [0.25, 0.3) is 5.69 Å².